The number of nitrogens with zero attached hydrogens (tertiary/aromatic N) is 3. The van der Waals surface area contributed by atoms with Crippen molar-refractivity contribution in [2.75, 3.05) is 16.4 Å². The smallest absolute Gasteiger partial charge is 0.266 e. The van der Waals surface area contributed by atoms with E-state index in [2.05, 4.69) is 28.6 Å². The first-order valence-corrected chi connectivity index (χ1v) is 9.73. The van der Waals surface area contributed by atoms with Gasteiger partial charge in [-0.05, 0) is 31.2 Å². The van der Waals surface area contributed by atoms with Crippen molar-refractivity contribution in [3.05, 3.63) is 51.5 Å². The van der Waals surface area contributed by atoms with E-state index >= 15 is 0 Å². The molecular weight excluding hydrogens is 382 g/mol. The zero-order valence-corrected chi connectivity index (χ0v) is 16.3. The molecule has 1 atom stereocenters. The van der Waals surface area contributed by atoms with Gasteiger partial charge in [-0.3, -0.25) is 4.79 Å². The van der Waals surface area contributed by atoms with Crippen molar-refractivity contribution in [2.24, 2.45) is 7.05 Å². The van der Waals surface area contributed by atoms with E-state index in [1.54, 1.807) is 35.6 Å². The molecule has 3 heterocycles. The van der Waals surface area contributed by atoms with Crippen molar-refractivity contribution in [1.82, 2.24) is 9.55 Å². The van der Waals surface area contributed by atoms with Crippen LogP contribution >= 0.6 is 23.4 Å². The molecule has 2 aromatic heterocycles. The van der Waals surface area contributed by atoms with Crippen LogP contribution in [0, 0.1) is 11.3 Å². The Morgan fingerprint density at radius 2 is 2.26 bits per heavy atom. The molecule has 0 amide bonds. The van der Waals surface area contributed by atoms with Gasteiger partial charge in [0.15, 0.2) is 0 Å². The highest BCUT2D eigenvalue weighted by Gasteiger charge is 2.22. The zero-order valence-electron chi connectivity index (χ0n) is 14.7. The number of rotatable bonds is 2. The first-order chi connectivity index (χ1) is 13.0. The fourth-order valence-corrected chi connectivity index (χ4v) is 4.45. The summed E-state index contributed by atoms with van der Waals surface area (Å²) in [6.45, 7) is 2.10. The molecule has 6 nitrogen and oxygen atoms in total. The number of benzene rings is 1. The van der Waals surface area contributed by atoms with E-state index in [-0.39, 0.29) is 16.8 Å². The van der Waals surface area contributed by atoms with Gasteiger partial charge in [-0.2, -0.15) is 5.26 Å². The Morgan fingerprint density at radius 1 is 1.44 bits per heavy atom. The fourth-order valence-electron chi connectivity index (χ4n) is 3.17. The summed E-state index contributed by atoms with van der Waals surface area (Å²) in [5.41, 5.74) is 3.41. The number of hydrogen-bond donors (Lipinski definition) is 2. The van der Waals surface area contributed by atoms with E-state index in [4.69, 9.17) is 11.6 Å². The highest BCUT2D eigenvalue weighted by Crippen LogP contribution is 2.37. The highest BCUT2D eigenvalue weighted by atomic mass is 35.5. The Bertz CT molecular complexity index is 1170. The maximum atomic E-state index is 12.7. The van der Waals surface area contributed by atoms with Crippen LogP contribution in [-0.2, 0) is 7.05 Å². The van der Waals surface area contributed by atoms with Crippen molar-refractivity contribution in [3.8, 4) is 6.07 Å². The highest BCUT2D eigenvalue weighted by molar-refractivity contribution is 7.99. The number of aromatic nitrogens is 2. The summed E-state index contributed by atoms with van der Waals surface area (Å²) in [6.07, 6.45) is 1.55. The monoisotopic (exact) mass is 397 g/mol. The normalized spacial score (nSPS) is 15.7. The van der Waals surface area contributed by atoms with Gasteiger partial charge in [0.2, 0.25) is 0 Å². The van der Waals surface area contributed by atoms with Crippen LogP contribution in [0.3, 0.4) is 0 Å². The Kier molecular flexibility index (Phi) is 4.46. The van der Waals surface area contributed by atoms with Gasteiger partial charge < -0.3 is 15.2 Å². The van der Waals surface area contributed by atoms with Crippen LogP contribution in [-0.4, -0.2) is 21.3 Å². The summed E-state index contributed by atoms with van der Waals surface area (Å²) in [5.74, 6) is 0.854. The maximum absolute atomic E-state index is 12.7. The molecule has 136 valence electrons. The van der Waals surface area contributed by atoms with Crippen molar-refractivity contribution in [2.45, 2.75) is 17.9 Å². The average molecular weight is 398 g/mol. The first-order valence-electron chi connectivity index (χ1n) is 8.37. The molecule has 4 rings (SSSR count). The number of nitrogens with one attached hydrogen (secondary N) is 2. The molecular formula is C19H16ClN5OS. The van der Waals surface area contributed by atoms with Crippen LogP contribution in [0.1, 0.15) is 12.5 Å². The number of nitriles is 1. The second kappa shape index (κ2) is 6.80. The molecule has 2 N–H and O–H groups in total. The van der Waals surface area contributed by atoms with Gasteiger partial charge in [0.1, 0.15) is 16.8 Å². The Labute approximate surface area is 165 Å². The predicted molar refractivity (Wildman–Crippen MR) is 110 cm³/mol. The second-order valence-electron chi connectivity index (χ2n) is 6.42. The Morgan fingerprint density at radius 3 is 3.04 bits per heavy atom. The van der Waals surface area contributed by atoms with E-state index in [0.717, 1.165) is 32.9 Å². The number of halogens is 1. The number of anilines is 3. The van der Waals surface area contributed by atoms with Gasteiger partial charge in [-0.25, -0.2) is 4.98 Å². The lowest BCUT2D eigenvalue weighted by Gasteiger charge is -2.25. The molecule has 0 bridgehead atoms. The summed E-state index contributed by atoms with van der Waals surface area (Å²) in [4.78, 5) is 17.3. The third-order valence-corrected chi connectivity index (χ3v) is 6.14. The summed E-state index contributed by atoms with van der Waals surface area (Å²) >= 11 is 7.60. The Balaban J connectivity index is 1.87. The van der Waals surface area contributed by atoms with Crippen molar-refractivity contribution < 1.29 is 0 Å². The molecule has 3 aromatic rings. The molecule has 8 heteroatoms. The number of aryl methyl sites for hydroxylation is 1. The van der Waals surface area contributed by atoms with Crippen molar-refractivity contribution >= 4 is 51.3 Å². The topological polar surface area (TPSA) is 82.7 Å². The van der Waals surface area contributed by atoms with E-state index in [1.807, 2.05) is 18.2 Å². The molecule has 1 unspecified atom stereocenters. The average Bonchev–Trinajstić information content (AvgIpc) is 2.66. The third kappa shape index (κ3) is 3.01. The van der Waals surface area contributed by atoms with Crippen LogP contribution in [0.4, 0.5) is 17.1 Å². The molecule has 0 aliphatic carbocycles. The minimum atomic E-state index is 0.00953. The Hall–Kier alpha value is -2.69. The quantitative estimate of drug-likeness (QED) is 0.633. The summed E-state index contributed by atoms with van der Waals surface area (Å²) in [6, 6.07) is 9.82. The van der Waals surface area contributed by atoms with Crippen LogP contribution < -0.4 is 16.2 Å². The number of fused-ring (bicyclic) bond motifs is 3. The van der Waals surface area contributed by atoms with Gasteiger partial charge in [-0.1, -0.05) is 11.6 Å². The van der Waals surface area contributed by atoms with Gasteiger partial charge in [-0.15, -0.1) is 11.8 Å². The second-order valence-corrected chi connectivity index (χ2v) is 7.81. The van der Waals surface area contributed by atoms with Crippen LogP contribution in [0.15, 0.2) is 40.2 Å². The molecule has 0 saturated heterocycles. The van der Waals surface area contributed by atoms with Gasteiger partial charge in [0.25, 0.3) is 5.56 Å². The van der Waals surface area contributed by atoms with Gasteiger partial charge in [0.05, 0.1) is 21.8 Å². The minimum Gasteiger partial charge on any atom is -0.380 e. The molecule has 0 radical (unpaired) electrons. The van der Waals surface area contributed by atoms with Crippen molar-refractivity contribution in [1.29, 1.82) is 5.26 Å². The largest absolute Gasteiger partial charge is 0.380 e. The summed E-state index contributed by atoms with van der Waals surface area (Å²) < 4.78 is 1.67. The number of pyridine rings is 2. The SMILES string of the molecule is CC1CSc2c(c3cc(Nc4ccnc(Cl)c4C#N)ccc3n(C)c2=O)N1. The molecule has 0 spiro atoms. The van der Waals surface area contributed by atoms with Crippen LogP contribution in [0.2, 0.25) is 5.15 Å². The van der Waals surface area contributed by atoms with Crippen LogP contribution in [0.25, 0.3) is 10.9 Å². The van der Waals surface area contributed by atoms with Gasteiger partial charge in [0, 0.05) is 36.1 Å². The minimum absolute atomic E-state index is 0.00953. The number of hydrogen-bond acceptors (Lipinski definition) is 6. The lowest BCUT2D eigenvalue weighted by Crippen LogP contribution is -2.29. The van der Waals surface area contributed by atoms with Crippen molar-refractivity contribution in [3.63, 3.8) is 0 Å². The first kappa shape index (κ1) is 17.7. The fraction of sp³-hybridized carbons (Fsp3) is 0.211. The zero-order chi connectivity index (χ0) is 19.1. The van der Waals surface area contributed by atoms with Crippen LogP contribution in [0.5, 0.6) is 0 Å². The molecule has 0 saturated carbocycles. The predicted octanol–water partition coefficient (Wildman–Crippen LogP) is 4.11. The summed E-state index contributed by atoms with van der Waals surface area (Å²) in [5, 5.41) is 17.1. The molecule has 27 heavy (non-hydrogen) atoms. The van der Waals surface area contributed by atoms with E-state index in [9.17, 15) is 10.1 Å². The van der Waals surface area contributed by atoms with E-state index in [0.29, 0.717) is 11.3 Å². The van der Waals surface area contributed by atoms with E-state index in [1.165, 1.54) is 0 Å². The van der Waals surface area contributed by atoms with Gasteiger partial charge >= 0.3 is 0 Å². The summed E-state index contributed by atoms with van der Waals surface area (Å²) in [7, 11) is 1.78. The van der Waals surface area contributed by atoms with E-state index < -0.39 is 0 Å². The lowest BCUT2D eigenvalue weighted by atomic mass is 10.1. The maximum Gasteiger partial charge on any atom is 0.266 e. The molecule has 0 fully saturated rings. The number of thioether (sulfide) groups is 1. The molecule has 1 aromatic carbocycles. The third-order valence-electron chi connectivity index (χ3n) is 4.52. The molecule has 1 aliphatic rings. The molecule has 1 aliphatic heterocycles. The standard InChI is InChI=1S/C19H16ClN5OS/c1-10-9-27-17-16(23-10)12-7-11(3-4-15(12)25(2)19(17)26)24-14-5-6-22-18(20)13(14)8-21/h3-7,10,23H,9H2,1-2H3,(H,22,24). The lowest BCUT2D eigenvalue weighted by molar-refractivity contribution is 0.847.